The van der Waals surface area contributed by atoms with Crippen LogP contribution in [0.25, 0.3) is 22.4 Å². The van der Waals surface area contributed by atoms with E-state index in [2.05, 4.69) is 15.2 Å². The van der Waals surface area contributed by atoms with Crippen molar-refractivity contribution in [2.45, 2.75) is 25.5 Å². The van der Waals surface area contributed by atoms with Gasteiger partial charge in [0.25, 0.3) is 0 Å². The van der Waals surface area contributed by atoms with Crippen molar-refractivity contribution in [1.82, 2.24) is 15.2 Å². The maximum absolute atomic E-state index is 12.9. The highest BCUT2D eigenvalue weighted by Crippen LogP contribution is 2.44. The zero-order valence-corrected chi connectivity index (χ0v) is 19.4. The number of nitrogen functional groups attached to an aromatic ring is 1. The van der Waals surface area contributed by atoms with Gasteiger partial charge in [0, 0.05) is 23.0 Å². The van der Waals surface area contributed by atoms with Crippen LogP contribution < -0.4 is 10.6 Å². The number of aromatic nitrogens is 3. The van der Waals surface area contributed by atoms with Gasteiger partial charge in [-0.15, -0.1) is 0 Å². The van der Waals surface area contributed by atoms with Crippen LogP contribution in [0.4, 0.5) is 16.3 Å². The first-order chi connectivity index (χ1) is 16.3. The van der Waals surface area contributed by atoms with Crippen molar-refractivity contribution in [2.75, 3.05) is 10.6 Å². The largest absolute Gasteiger partial charge is 0.441 e. The van der Waals surface area contributed by atoms with Gasteiger partial charge in [0.1, 0.15) is 17.5 Å². The number of ether oxygens (including phenoxy) is 1. The summed E-state index contributed by atoms with van der Waals surface area (Å²) >= 11 is 6.07. The molecule has 0 unspecified atom stereocenters. The van der Waals surface area contributed by atoms with Crippen molar-refractivity contribution in [3.63, 3.8) is 0 Å². The summed E-state index contributed by atoms with van der Waals surface area (Å²) in [6.45, 7) is 3.86. The Morgan fingerprint density at radius 1 is 1.00 bits per heavy atom. The van der Waals surface area contributed by atoms with Gasteiger partial charge in [-0.05, 0) is 49.2 Å². The number of cyclic esters (lactones) is 1. The molecule has 170 valence electrons. The van der Waals surface area contributed by atoms with Crippen LogP contribution in [0.3, 0.4) is 0 Å². The minimum atomic E-state index is -0.676. The molecule has 4 aromatic rings. The van der Waals surface area contributed by atoms with E-state index in [4.69, 9.17) is 22.1 Å². The smallest absolute Gasteiger partial charge is 0.415 e. The van der Waals surface area contributed by atoms with Gasteiger partial charge in [0.05, 0.1) is 16.9 Å². The van der Waals surface area contributed by atoms with Crippen molar-refractivity contribution in [2.24, 2.45) is 0 Å². The topological polar surface area (TPSA) is 94.2 Å². The lowest BCUT2D eigenvalue weighted by Crippen LogP contribution is -2.33. The average Bonchev–Trinajstić information content (AvgIpc) is 3.08. The molecule has 1 amide bonds. The maximum atomic E-state index is 12.9. The van der Waals surface area contributed by atoms with Crippen molar-refractivity contribution in [1.29, 1.82) is 0 Å². The molecule has 0 spiro atoms. The average molecular weight is 472 g/mol. The Kier molecular flexibility index (Phi) is 5.42. The molecule has 0 bridgehead atoms. The molecule has 0 aliphatic carbocycles. The standard InChI is InChI=1S/C26H22ClN5O2/c1-26(2)23(17-6-4-3-5-7-17)32(25(33)34-26)20-10-8-16(9-11-20)18-12-21(24(28)29-14-18)22-13-19(27)15-30-31-22/h3-15,23H,1-2H3,(H2,28,29)/t23-/m0/s1. The minimum absolute atomic E-state index is 0.252. The second-order valence-corrected chi connectivity index (χ2v) is 9.05. The van der Waals surface area contributed by atoms with Crippen LogP contribution in [0, 0.1) is 0 Å². The second-order valence-electron chi connectivity index (χ2n) is 8.62. The van der Waals surface area contributed by atoms with Crippen LogP contribution in [0.5, 0.6) is 0 Å². The molecule has 5 rings (SSSR count). The van der Waals surface area contributed by atoms with Gasteiger partial charge in [-0.25, -0.2) is 9.78 Å². The summed E-state index contributed by atoms with van der Waals surface area (Å²) in [5, 5.41) is 8.48. The van der Waals surface area contributed by atoms with Gasteiger partial charge >= 0.3 is 6.09 Å². The molecule has 1 aliphatic heterocycles. The fourth-order valence-electron chi connectivity index (χ4n) is 4.31. The number of carbonyl (C=O) groups excluding carboxylic acids is 1. The van der Waals surface area contributed by atoms with Crippen molar-refractivity contribution >= 4 is 29.2 Å². The van der Waals surface area contributed by atoms with Gasteiger partial charge < -0.3 is 10.5 Å². The van der Waals surface area contributed by atoms with E-state index in [0.717, 1.165) is 22.4 Å². The lowest BCUT2D eigenvalue weighted by molar-refractivity contribution is 0.0685. The van der Waals surface area contributed by atoms with Gasteiger partial charge in [-0.1, -0.05) is 54.1 Å². The molecule has 0 saturated carbocycles. The Hall–Kier alpha value is -3.97. The molecule has 34 heavy (non-hydrogen) atoms. The van der Waals surface area contributed by atoms with E-state index in [9.17, 15) is 4.79 Å². The zero-order valence-electron chi connectivity index (χ0n) is 18.6. The first-order valence-electron chi connectivity index (χ1n) is 10.8. The summed E-state index contributed by atoms with van der Waals surface area (Å²) in [5.41, 5.74) is 10.1. The monoisotopic (exact) mass is 471 g/mol. The number of pyridine rings is 1. The number of benzene rings is 2. The summed E-state index contributed by atoms with van der Waals surface area (Å²) < 4.78 is 5.72. The SMILES string of the molecule is CC1(C)OC(=O)N(c2ccc(-c3cnc(N)c(-c4cc(Cl)cnn4)c3)cc2)[C@H]1c1ccccc1. The van der Waals surface area contributed by atoms with E-state index in [1.54, 1.807) is 17.2 Å². The molecule has 1 fully saturated rings. The van der Waals surface area contributed by atoms with E-state index in [-0.39, 0.29) is 12.1 Å². The van der Waals surface area contributed by atoms with E-state index in [0.29, 0.717) is 22.1 Å². The van der Waals surface area contributed by atoms with E-state index in [1.165, 1.54) is 6.20 Å². The molecule has 1 aliphatic rings. The number of anilines is 2. The van der Waals surface area contributed by atoms with Gasteiger partial charge in [0.15, 0.2) is 0 Å². The molecule has 2 aromatic heterocycles. The summed E-state index contributed by atoms with van der Waals surface area (Å²) in [7, 11) is 0. The molecule has 2 aromatic carbocycles. The number of hydrogen-bond acceptors (Lipinski definition) is 6. The second kappa shape index (κ2) is 8.43. The fraction of sp³-hybridized carbons (Fsp3) is 0.154. The molecule has 8 heteroatoms. The lowest BCUT2D eigenvalue weighted by atomic mass is 9.91. The quantitative estimate of drug-likeness (QED) is 0.397. The molecule has 1 saturated heterocycles. The normalized spacial score (nSPS) is 17.0. The molecule has 7 nitrogen and oxygen atoms in total. The van der Waals surface area contributed by atoms with Crippen LogP contribution in [-0.2, 0) is 4.74 Å². The molecule has 3 heterocycles. The number of halogens is 1. The lowest BCUT2D eigenvalue weighted by Gasteiger charge is -2.29. The Morgan fingerprint density at radius 2 is 1.74 bits per heavy atom. The van der Waals surface area contributed by atoms with E-state index in [1.807, 2.05) is 74.5 Å². The highest BCUT2D eigenvalue weighted by atomic mass is 35.5. The van der Waals surface area contributed by atoms with Gasteiger partial charge in [-0.2, -0.15) is 10.2 Å². The number of nitrogens with two attached hydrogens (primary N) is 1. The number of hydrogen-bond donors (Lipinski definition) is 1. The minimum Gasteiger partial charge on any atom is -0.441 e. The van der Waals surface area contributed by atoms with E-state index < -0.39 is 5.60 Å². The summed E-state index contributed by atoms with van der Waals surface area (Å²) in [4.78, 5) is 18.9. The fourth-order valence-corrected chi connectivity index (χ4v) is 4.46. The number of carbonyl (C=O) groups is 1. The Balaban J connectivity index is 1.50. The van der Waals surface area contributed by atoms with Crippen LogP contribution in [-0.4, -0.2) is 26.9 Å². The predicted molar refractivity (Wildman–Crippen MR) is 132 cm³/mol. The number of nitrogens with zero attached hydrogens (tertiary/aromatic N) is 4. The van der Waals surface area contributed by atoms with Gasteiger partial charge in [-0.3, -0.25) is 4.90 Å². The molecular weight excluding hydrogens is 450 g/mol. The first-order valence-corrected chi connectivity index (χ1v) is 11.1. The van der Waals surface area contributed by atoms with Gasteiger partial charge in [0.2, 0.25) is 0 Å². The maximum Gasteiger partial charge on any atom is 0.415 e. The highest BCUT2D eigenvalue weighted by Gasteiger charge is 2.49. The molecule has 2 N–H and O–H groups in total. The Bertz CT molecular complexity index is 1360. The van der Waals surface area contributed by atoms with Crippen molar-refractivity contribution in [3.8, 4) is 22.4 Å². The summed E-state index contributed by atoms with van der Waals surface area (Å²) in [5.74, 6) is 0.338. The summed E-state index contributed by atoms with van der Waals surface area (Å²) in [6.07, 6.45) is 2.79. The predicted octanol–water partition coefficient (Wildman–Crippen LogP) is 5.92. The van der Waals surface area contributed by atoms with Crippen LogP contribution in [0.1, 0.15) is 25.5 Å². The first kappa shape index (κ1) is 21.9. The Labute approximate surface area is 202 Å². The van der Waals surface area contributed by atoms with E-state index >= 15 is 0 Å². The molecular formula is C26H22ClN5O2. The van der Waals surface area contributed by atoms with Crippen LogP contribution in [0.2, 0.25) is 5.02 Å². The number of amides is 1. The third-order valence-corrected chi connectivity index (χ3v) is 6.08. The van der Waals surface area contributed by atoms with Crippen molar-refractivity contribution in [3.05, 3.63) is 89.7 Å². The number of rotatable bonds is 4. The zero-order chi connectivity index (χ0) is 23.9. The molecule has 1 atom stereocenters. The third kappa shape index (κ3) is 3.95. The van der Waals surface area contributed by atoms with Crippen LogP contribution >= 0.6 is 11.6 Å². The highest BCUT2D eigenvalue weighted by molar-refractivity contribution is 6.30. The Morgan fingerprint density at radius 3 is 2.44 bits per heavy atom. The van der Waals surface area contributed by atoms with Crippen molar-refractivity contribution < 1.29 is 9.53 Å². The third-order valence-electron chi connectivity index (χ3n) is 5.87. The van der Waals surface area contributed by atoms with Crippen LogP contribution in [0.15, 0.2) is 79.1 Å². The summed E-state index contributed by atoms with van der Waals surface area (Å²) in [6, 6.07) is 20.9. The molecule has 0 radical (unpaired) electrons.